The van der Waals surface area contributed by atoms with Crippen LogP contribution in [0.25, 0.3) is 0 Å². The van der Waals surface area contributed by atoms with E-state index in [1.165, 1.54) is 6.42 Å². The van der Waals surface area contributed by atoms with Crippen molar-refractivity contribution in [3.05, 3.63) is 12.1 Å². The standard InChI is InChI=1S/C10H16N4/c1-7-4-5-14(6-7)9-3-2-8(11)10(12)13-9/h2-3,7H,4-6,11H2,1H3,(H2,12,13). The van der Waals surface area contributed by atoms with Gasteiger partial charge in [-0.15, -0.1) is 0 Å². The van der Waals surface area contributed by atoms with Crippen molar-refractivity contribution < 1.29 is 0 Å². The Hall–Kier alpha value is -1.45. The minimum Gasteiger partial charge on any atom is -0.396 e. The quantitative estimate of drug-likeness (QED) is 0.699. The highest BCUT2D eigenvalue weighted by Crippen LogP contribution is 2.24. The van der Waals surface area contributed by atoms with Crippen LogP contribution in [-0.2, 0) is 0 Å². The topological polar surface area (TPSA) is 68.2 Å². The first-order valence-corrected chi connectivity index (χ1v) is 4.94. The Balaban J connectivity index is 2.20. The van der Waals surface area contributed by atoms with E-state index in [0.717, 1.165) is 24.8 Å². The molecular formula is C10H16N4. The van der Waals surface area contributed by atoms with Gasteiger partial charge in [0.2, 0.25) is 0 Å². The zero-order valence-corrected chi connectivity index (χ0v) is 8.40. The van der Waals surface area contributed by atoms with Crippen molar-refractivity contribution in [1.82, 2.24) is 4.98 Å². The van der Waals surface area contributed by atoms with Crippen molar-refractivity contribution in [1.29, 1.82) is 0 Å². The molecule has 2 heterocycles. The van der Waals surface area contributed by atoms with Crippen molar-refractivity contribution in [3.8, 4) is 0 Å². The molecule has 1 aromatic heterocycles. The summed E-state index contributed by atoms with van der Waals surface area (Å²) in [5.41, 5.74) is 11.8. The Morgan fingerprint density at radius 3 is 2.79 bits per heavy atom. The van der Waals surface area contributed by atoms with Gasteiger partial charge in [-0.25, -0.2) is 4.98 Å². The highest BCUT2D eigenvalue weighted by Gasteiger charge is 2.19. The molecule has 1 atom stereocenters. The molecule has 0 radical (unpaired) electrons. The molecule has 4 nitrogen and oxygen atoms in total. The Morgan fingerprint density at radius 2 is 2.21 bits per heavy atom. The number of aromatic nitrogens is 1. The third-order valence-corrected chi connectivity index (χ3v) is 2.69. The minimum atomic E-state index is 0.432. The van der Waals surface area contributed by atoms with E-state index in [0.29, 0.717) is 11.5 Å². The third kappa shape index (κ3) is 1.60. The van der Waals surface area contributed by atoms with Crippen LogP contribution in [0, 0.1) is 5.92 Å². The van der Waals surface area contributed by atoms with Crippen LogP contribution in [0.4, 0.5) is 17.3 Å². The molecule has 1 unspecified atom stereocenters. The molecule has 1 aromatic rings. The molecule has 0 amide bonds. The summed E-state index contributed by atoms with van der Waals surface area (Å²) in [7, 11) is 0. The molecule has 0 spiro atoms. The Morgan fingerprint density at radius 1 is 1.43 bits per heavy atom. The van der Waals surface area contributed by atoms with Crippen LogP contribution >= 0.6 is 0 Å². The van der Waals surface area contributed by atoms with E-state index >= 15 is 0 Å². The summed E-state index contributed by atoms with van der Waals surface area (Å²) in [6.45, 7) is 4.38. The summed E-state index contributed by atoms with van der Waals surface area (Å²) in [5, 5.41) is 0. The average Bonchev–Trinajstić information content (AvgIpc) is 2.57. The van der Waals surface area contributed by atoms with Crippen LogP contribution in [0.15, 0.2) is 12.1 Å². The summed E-state index contributed by atoms with van der Waals surface area (Å²) in [6.07, 6.45) is 1.23. The number of hydrogen-bond acceptors (Lipinski definition) is 4. The van der Waals surface area contributed by atoms with Crippen LogP contribution in [0.1, 0.15) is 13.3 Å². The number of rotatable bonds is 1. The molecule has 0 bridgehead atoms. The lowest BCUT2D eigenvalue weighted by Gasteiger charge is -2.17. The van der Waals surface area contributed by atoms with Gasteiger partial charge < -0.3 is 16.4 Å². The summed E-state index contributed by atoms with van der Waals surface area (Å²) >= 11 is 0. The number of nitrogen functional groups attached to an aromatic ring is 2. The predicted molar refractivity (Wildman–Crippen MR) is 59.1 cm³/mol. The largest absolute Gasteiger partial charge is 0.396 e. The number of pyridine rings is 1. The Labute approximate surface area is 83.9 Å². The van der Waals surface area contributed by atoms with Gasteiger partial charge in [-0.2, -0.15) is 0 Å². The molecule has 14 heavy (non-hydrogen) atoms. The lowest BCUT2D eigenvalue weighted by atomic mass is 10.2. The Kier molecular flexibility index (Phi) is 2.19. The first-order valence-electron chi connectivity index (χ1n) is 4.94. The number of anilines is 3. The molecule has 1 fully saturated rings. The van der Waals surface area contributed by atoms with Gasteiger partial charge in [0.25, 0.3) is 0 Å². The fourth-order valence-electron chi connectivity index (χ4n) is 1.79. The second kappa shape index (κ2) is 3.36. The molecule has 76 valence electrons. The monoisotopic (exact) mass is 192 g/mol. The highest BCUT2D eigenvalue weighted by atomic mass is 15.2. The highest BCUT2D eigenvalue weighted by molar-refractivity contribution is 5.62. The van der Waals surface area contributed by atoms with Gasteiger partial charge in [-0.3, -0.25) is 0 Å². The van der Waals surface area contributed by atoms with Gasteiger partial charge in [0.15, 0.2) is 0 Å². The molecular weight excluding hydrogens is 176 g/mol. The minimum absolute atomic E-state index is 0.432. The smallest absolute Gasteiger partial charge is 0.149 e. The average molecular weight is 192 g/mol. The second-order valence-corrected chi connectivity index (χ2v) is 3.98. The van der Waals surface area contributed by atoms with Gasteiger partial charge in [-0.05, 0) is 24.5 Å². The normalized spacial score (nSPS) is 21.5. The second-order valence-electron chi connectivity index (χ2n) is 3.98. The van der Waals surface area contributed by atoms with Crippen molar-refractivity contribution in [2.24, 2.45) is 5.92 Å². The van der Waals surface area contributed by atoms with Crippen LogP contribution in [0.5, 0.6) is 0 Å². The fraction of sp³-hybridized carbons (Fsp3) is 0.500. The molecule has 1 saturated heterocycles. The summed E-state index contributed by atoms with van der Waals surface area (Å²) < 4.78 is 0. The SMILES string of the molecule is CC1CCN(c2ccc(N)c(N)n2)C1. The zero-order chi connectivity index (χ0) is 10.1. The maximum absolute atomic E-state index is 5.66. The van der Waals surface area contributed by atoms with Crippen LogP contribution in [0.2, 0.25) is 0 Å². The first kappa shape index (κ1) is 9.12. The predicted octanol–water partition coefficient (Wildman–Crippen LogP) is 1.09. The molecule has 1 aliphatic rings. The van der Waals surface area contributed by atoms with Crippen LogP contribution < -0.4 is 16.4 Å². The number of nitrogens with zero attached hydrogens (tertiary/aromatic N) is 2. The van der Waals surface area contributed by atoms with E-state index < -0.39 is 0 Å². The number of nitrogens with two attached hydrogens (primary N) is 2. The molecule has 0 aromatic carbocycles. The van der Waals surface area contributed by atoms with Crippen molar-refractivity contribution in [2.45, 2.75) is 13.3 Å². The summed E-state index contributed by atoms with van der Waals surface area (Å²) in [5.74, 6) is 2.12. The molecule has 2 rings (SSSR count). The van der Waals surface area contributed by atoms with Crippen molar-refractivity contribution in [2.75, 3.05) is 29.5 Å². The van der Waals surface area contributed by atoms with Gasteiger partial charge in [-0.1, -0.05) is 6.92 Å². The Bertz CT molecular complexity index is 337. The van der Waals surface area contributed by atoms with E-state index in [-0.39, 0.29) is 0 Å². The van der Waals surface area contributed by atoms with Gasteiger partial charge in [0, 0.05) is 13.1 Å². The molecule has 0 saturated carbocycles. The molecule has 0 aliphatic carbocycles. The summed E-state index contributed by atoms with van der Waals surface area (Å²) in [4.78, 5) is 6.52. The van der Waals surface area contributed by atoms with Crippen molar-refractivity contribution in [3.63, 3.8) is 0 Å². The lowest BCUT2D eigenvalue weighted by molar-refractivity contribution is 0.659. The van der Waals surface area contributed by atoms with Crippen LogP contribution in [-0.4, -0.2) is 18.1 Å². The molecule has 1 aliphatic heterocycles. The fourth-order valence-corrected chi connectivity index (χ4v) is 1.79. The van der Waals surface area contributed by atoms with E-state index in [1.54, 1.807) is 0 Å². The van der Waals surface area contributed by atoms with Gasteiger partial charge in [0.05, 0.1) is 5.69 Å². The number of hydrogen-bond donors (Lipinski definition) is 2. The maximum Gasteiger partial charge on any atom is 0.149 e. The lowest BCUT2D eigenvalue weighted by Crippen LogP contribution is -2.20. The third-order valence-electron chi connectivity index (χ3n) is 2.69. The summed E-state index contributed by atoms with van der Waals surface area (Å²) in [6, 6.07) is 3.75. The zero-order valence-electron chi connectivity index (χ0n) is 8.40. The first-order chi connectivity index (χ1) is 6.66. The van der Waals surface area contributed by atoms with Gasteiger partial charge in [0.1, 0.15) is 11.6 Å². The van der Waals surface area contributed by atoms with E-state index in [2.05, 4.69) is 16.8 Å². The van der Waals surface area contributed by atoms with E-state index in [9.17, 15) is 0 Å². The van der Waals surface area contributed by atoms with Gasteiger partial charge >= 0.3 is 0 Å². The van der Waals surface area contributed by atoms with Crippen molar-refractivity contribution >= 4 is 17.3 Å². The molecule has 4 heteroatoms. The van der Waals surface area contributed by atoms with Crippen LogP contribution in [0.3, 0.4) is 0 Å². The maximum atomic E-state index is 5.66. The van der Waals surface area contributed by atoms with E-state index in [1.807, 2.05) is 12.1 Å². The molecule has 4 N–H and O–H groups in total. The van der Waals surface area contributed by atoms with E-state index in [4.69, 9.17) is 11.5 Å².